The first kappa shape index (κ1) is 17.5. The Morgan fingerprint density at radius 3 is 3.04 bits per heavy atom. The quantitative estimate of drug-likeness (QED) is 0.525. The van der Waals surface area contributed by atoms with Crippen LogP contribution in [0.3, 0.4) is 0 Å². The van der Waals surface area contributed by atoms with Crippen molar-refractivity contribution in [3.8, 4) is 11.3 Å². The van der Waals surface area contributed by atoms with E-state index in [2.05, 4.69) is 50.3 Å². The second kappa shape index (κ2) is 7.43. The number of hydrogen-bond acceptors (Lipinski definition) is 3. The SMILES string of the molecule is Clc1cccc(-c2cnc([C@@H]3COCCN3Cc3c[nH]c4ccccc34)[nH]2)c1. The molecule has 2 aromatic heterocycles. The van der Waals surface area contributed by atoms with Crippen molar-refractivity contribution in [3.63, 3.8) is 0 Å². The molecule has 0 saturated carbocycles. The normalized spacial score (nSPS) is 18.0. The molecule has 28 heavy (non-hydrogen) atoms. The average molecular weight is 393 g/mol. The molecule has 0 bridgehead atoms. The van der Waals surface area contributed by atoms with Gasteiger partial charge in [-0.05, 0) is 23.8 Å². The smallest absolute Gasteiger partial charge is 0.126 e. The maximum Gasteiger partial charge on any atom is 0.126 e. The lowest BCUT2D eigenvalue weighted by Crippen LogP contribution is -2.39. The molecule has 0 spiro atoms. The van der Waals surface area contributed by atoms with Gasteiger partial charge >= 0.3 is 0 Å². The van der Waals surface area contributed by atoms with Gasteiger partial charge in [0.1, 0.15) is 5.82 Å². The Morgan fingerprint density at radius 1 is 1.18 bits per heavy atom. The van der Waals surface area contributed by atoms with E-state index in [1.165, 1.54) is 16.5 Å². The van der Waals surface area contributed by atoms with Crippen LogP contribution in [-0.4, -0.2) is 39.6 Å². The van der Waals surface area contributed by atoms with Gasteiger partial charge in [-0.2, -0.15) is 0 Å². The summed E-state index contributed by atoms with van der Waals surface area (Å²) in [6.07, 6.45) is 3.98. The van der Waals surface area contributed by atoms with Crippen LogP contribution in [-0.2, 0) is 11.3 Å². The second-order valence-corrected chi connectivity index (χ2v) is 7.55. The summed E-state index contributed by atoms with van der Waals surface area (Å²) in [6, 6.07) is 16.3. The molecule has 142 valence electrons. The van der Waals surface area contributed by atoms with Gasteiger partial charge in [0.25, 0.3) is 0 Å². The van der Waals surface area contributed by atoms with E-state index >= 15 is 0 Å². The van der Waals surface area contributed by atoms with Gasteiger partial charge in [-0.3, -0.25) is 4.90 Å². The van der Waals surface area contributed by atoms with E-state index in [-0.39, 0.29) is 6.04 Å². The first-order chi connectivity index (χ1) is 13.8. The predicted octanol–water partition coefficient (Wildman–Crippen LogP) is 4.78. The molecule has 4 aromatic rings. The number of rotatable bonds is 4. The van der Waals surface area contributed by atoms with Crippen molar-refractivity contribution in [3.05, 3.63) is 77.3 Å². The fourth-order valence-corrected chi connectivity index (χ4v) is 4.06. The molecule has 6 heteroatoms. The molecule has 0 radical (unpaired) electrons. The summed E-state index contributed by atoms with van der Waals surface area (Å²) in [5, 5.41) is 1.99. The number of nitrogens with zero attached hydrogens (tertiary/aromatic N) is 2. The van der Waals surface area contributed by atoms with Gasteiger partial charge in [0, 0.05) is 40.8 Å². The number of ether oxygens (including phenoxy) is 1. The first-order valence-electron chi connectivity index (χ1n) is 9.45. The highest BCUT2D eigenvalue weighted by Gasteiger charge is 2.27. The lowest BCUT2D eigenvalue weighted by molar-refractivity contribution is -0.0154. The minimum atomic E-state index is 0.0929. The Balaban J connectivity index is 1.42. The van der Waals surface area contributed by atoms with Gasteiger partial charge < -0.3 is 14.7 Å². The third kappa shape index (κ3) is 3.33. The number of aromatic nitrogens is 3. The van der Waals surface area contributed by atoms with E-state index in [9.17, 15) is 0 Å². The van der Waals surface area contributed by atoms with Crippen molar-refractivity contribution in [2.75, 3.05) is 19.8 Å². The van der Waals surface area contributed by atoms with E-state index in [1.807, 2.05) is 30.5 Å². The van der Waals surface area contributed by atoms with Crippen LogP contribution >= 0.6 is 11.6 Å². The lowest BCUT2D eigenvalue weighted by Gasteiger charge is -2.34. The predicted molar refractivity (Wildman–Crippen MR) is 111 cm³/mol. The van der Waals surface area contributed by atoms with Crippen LogP contribution in [0.25, 0.3) is 22.2 Å². The Labute approximate surface area is 168 Å². The van der Waals surface area contributed by atoms with Crippen LogP contribution in [0.2, 0.25) is 5.02 Å². The van der Waals surface area contributed by atoms with E-state index in [4.69, 9.17) is 16.3 Å². The standard InChI is InChI=1S/C22H21ClN4O/c23-17-5-3-4-15(10-17)20-12-25-22(26-20)21-14-28-9-8-27(21)13-16-11-24-19-7-2-1-6-18(16)19/h1-7,10-12,21,24H,8-9,13-14H2,(H,25,26)/t21-/m0/s1. The van der Waals surface area contributed by atoms with Crippen molar-refractivity contribution in [2.45, 2.75) is 12.6 Å². The maximum atomic E-state index is 6.14. The zero-order valence-corrected chi connectivity index (χ0v) is 16.1. The molecule has 1 saturated heterocycles. The summed E-state index contributed by atoms with van der Waals surface area (Å²) >= 11 is 6.14. The van der Waals surface area contributed by atoms with Crippen molar-refractivity contribution in [2.24, 2.45) is 0 Å². The molecule has 1 atom stereocenters. The number of para-hydroxylation sites is 1. The van der Waals surface area contributed by atoms with E-state index in [0.717, 1.165) is 41.8 Å². The number of fused-ring (bicyclic) bond motifs is 1. The minimum absolute atomic E-state index is 0.0929. The van der Waals surface area contributed by atoms with Gasteiger partial charge in [-0.15, -0.1) is 0 Å². The third-order valence-corrected chi connectivity index (χ3v) is 5.57. The summed E-state index contributed by atoms with van der Waals surface area (Å²) in [7, 11) is 0. The van der Waals surface area contributed by atoms with Gasteiger partial charge in [-0.1, -0.05) is 41.9 Å². The van der Waals surface area contributed by atoms with Gasteiger partial charge in [0.15, 0.2) is 0 Å². The van der Waals surface area contributed by atoms with Crippen molar-refractivity contribution in [1.29, 1.82) is 0 Å². The molecule has 2 N–H and O–H groups in total. The Kier molecular flexibility index (Phi) is 4.64. The molecule has 0 aliphatic carbocycles. The Morgan fingerprint density at radius 2 is 2.11 bits per heavy atom. The fraction of sp³-hybridized carbons (Fsp3) is 0.227. The molecule has 2 aromatic carbocycles. The number of nitrogens with one attached hydrogen (secondary N) is 2. The van der Waals surface area contributed by atoms with E-state index in [1.54, 1.807) is 0 Å². The molecular formula is C22H21ClN4O. The molecule has 1 aliphatic rings. The van der Waals surface area contributed by atoms with Gasteiger partial charge in [0.05, 0.1) is 31.1 Å². The van der Waals surface area contributed by atoms with Gasteiger partial charge in [-0.25, -0.2) is 4.98 Å². The molecule has 0 amide bonds. The van der Waals surface area contributed by atoms with E-state index in [0.29, 0.717) is 6.61 Å². The van der Waals surface area contributed by atoms with Crippen LogP contribution < -0.4 is 0 Å². The second-order valence-electron chi connectivity index (χ2n) is 7.11. The summed E-state index contributed by atoms with van der Waals surface area (Å²) < 4.78 is 5.78. The highest BCUT2D eigenvalue weighted by atomic mass is 35.5. The Hall–Kier alpha value is -2.60. The maximum absolute atomic E-state index is 6.14. The highest BCUT2D eigenvalue weighted by Crippen LogP contribution is 2.29. The summed E-state index contributed by atoms with van der Waals surface area (Å²) in [5.41, 5.74) is 4.47. The van der Waals surface area contributed by atoms with Crippen LogP contribution in [0.1, 0.15) is 17.4 Å². The lowest BCUT2D eigenvalue weighted by atomic mass is 10.1. The van der Waals surface area contributed by atoms with Crippen LogP contribution in [0.5, 0.6) is 0 Å². The fourth-order valence-electron chi connectivity index (χ4n) is 3.87. The van der Waals surface area contributed by atoms with E-state index < -0.39 is 0 Å². The van der Waals surface area contributed by atoms with Crippen LogP contribution in [0.4, 0.5) is 0 Å². The largest absolute Gasteiger partial charge is 0.378 e. The Bertz CT molecular complexity index is 1100. The first-order valence-corrected chi connectivity index (χ1v) is 9.83. The molecule has 3 heterocycles. The number of imidazole rings is 1. The minimum Gasteiger partial charge on any atom is -0.378 e. The number of H-pyrrole nitrogens is 2. The number of hydrogen-bond donors (Lipinski definition) is 2. The topological polar surface area (TPSA) is 56.9 Å². The van der Waals surface area contributed by atoms with Crippen LogP contribution in [0.15, 0.2) is 60.9 Å². The summed E-state index contributed by atoms with van der Waals surface area (Å²) in [6.45, 7) is 3.09. The van der Waals surface area contributed by atoms with Crippen LogP contribution in [0, 0.1) is 0 Å². The average Bonchev–Trinajstić information content (AvgIpc) is 3.37. The summed E-state index contributed by atoms with van der Waals surface area (Å²) in [5.74, 6) is 0.925. The zero-order chi connectivity index (χ0) is 18.9. The third-order valence-electron chi connectivity index (χ3n) is 5.33. The van der Waals surface area contributed by atoms with Crippen molar-refractivity contribution >= 4 is 22.5 Å². The molecule has 0 unspecified atom stereocenters. The number of morpholine rings is 1. The zero-order valence-electron chi connectivity index (χ0n) is 15.4. The monoisotopic (exact) mass is 392 g/mol. The van der Waals surface area contributed by atoms with Gasteiger partial charge in [0.2, 0.25) is 0 Å². The molecule has 5 nitrogen and oxygen atoms in total. The molecule has 5 rings (SSSR count). The highest BCUT2D eigenvalue weighted by molar-refractivity contribution is 6.30. The number of benzene rings is 2. The van der Waals surface area contributed by atoms with Crippen molar-refractivity contribution < 1.29 is 4.74 Å². The molecule has 1 fully saturated rings. The number of aromatic amines is 2. The van der Waals surface area contributed by atoms with Crippen molar-refractivity contribution in [1.82, 2.24) is 19.9 Å². The number of halogens is 1. The molecule has 1 aliphatic heterocycles. The molecular weight excluding hydrogens is 372 g/mol. The summed E-state index contributed by atoms with van der Waals surface area (Å²) in [4.78, 5) is 13.9.